The van der Waals surface area contributed by atoms with Gasteiger partial charge in [-0.05, 0) is 61.5 Å². The number of nitrogens with one attached hydrogen (secondary N) is 1. The summed E-state index contributed by atoms with van der Waals surface area (Å²) in [5, 5.41) is 9.23. The van der Waals surface area contributed by atoms with Crippen LogP contribution >= 0.6 is 11.9 Å². The van der Waals surface area contributed by atoms with Gasteiger partial charge in [-0.1, -0.05) is 18.2 Å². The van der Waals surface area contributed by atoms with Gasteiger partial charge in [-0.15, -0.1) is 0 Å². The molecular formula is C19H25N3OS. The van der Waals surface area contributed by atoms with E-state index < -0.39 is 0 Å². The van der Waals surface area contributed by atoms with E-state index in [4.69, 9.17) is 9.88 Å². The van der Waals surface area contributed by atoms with Crippen LogP contribution in [0.3, 0.4) is 0 Å². The van der Waals surface area contributed by atoms with Crippen LogP contribution in [0.4, 0.5) is 11.4 Å². The van der Waals surface area contributed by atoms with E-state index in [-0.39, 0.29) is 0 Å². The molecule has 0 aliphatic carbocycles. The topological polar surface area (TPSA) is 50.5 Å². The minimum atomic E-state index is 0.462. The fraction of sp³-hybridized carbons (Fsp3) is 0.368. The molecule has 1 aliphatic heterocycles. The van der Waals surface area contributed by atoms with Gasteiger partial charge in [0.1, 0.15) is 5.75 Å². The monoisotopic (exact) mass is 343 g/mol. The summed E-state index contributed by atoms with van der Waals surface area (Å²) in [4.78, 5) is 3.56. The minimum absolute atomic E-state index is 0.462. The lowest BCUT2D eigenvalue weighted by molar-refractivity contribution is 0.406. The molecule has 1 heterocycles. The molecular weight excluding hydrogens is 318 g/mol. The maximum absolute atomic E-state index is 5.65. The Morgan fingerprint density at radius 3 is 2.92 bits per heavy atom. The van der Waals surface area contributed by atoms with E-state index in [1.807, 2.05) is 24.3 Å². The Morgan fingerprint density at radius 1 is 1.21 bits per heavy atom. The number of para-hydroxylation sites is 2. The van der Waals surface area contributed by atoms with Crippen LogP contribution in [-0.2, 0) is 0 Å². The summed E-state index contributed by atoms with van der Waals surface area (Å²) in [6, 6.07) is 17.0. The summed E-state index contributed by atoms with van der Waals surface area (Å²) in [6.45, 7) is 1.99. The largest absolute Gasteiger partial charge is 0.495 e. The Labute approximate surface area is 148 Å². The molecule has 0 radical (unpaired) electrons. The third kappa shape index (κ3) is 3.97. The fourth-order valence-electron chi connectivity index (χ4n) is 3.31. The van der Waals surface area contributed by atoms with E-state index in [1.54, 1.807) is 7.11 Å². The summed E-state index contributed by atoms with van der Waals surface area (Å²) in [5.74, 6) is 0.950. The summed E-state index contributed by atoms with van der Waals surface area (Å²) >= 11 is 1.28. The smallest absolute Gasteiger partial charge is 0.142 e. The van der Waals surface area contributed by atoms with E-state index in [0.717, 1.165) is 29.4 Å². The zero-order valence-electron chi connectivity index (χ0n) is 14.1. The van der Waals surface area contributed by atoms with E-state index in [1.165, 1.54) is 36.9 Å². The molecule has 0 spiro atoms. The molecule has 2 aromatic carbocycles. The molecule has 1 atom stereocenters. The maximum atomic E-state index is 5.65. The molecule has 1 saturated heterocycles. The normalized spacial score (nSPS) is 17.6. The lowest BCUT2D eigenvalue weighted by atomic mass is 10.0. The number of nitrogens with two attached hydrogens (primary N) is 1. The molecule has 0 amide bonds. The maximum Gasteiger partial charge on any atom is 0.142 e. The molecule has 4 nitrogen and oxygen atoms in total. The molecule has 1 fully saturated rings. The van der Waals surface area contributed by atoms with Gasteiger partial charge in [-0.3, -0.25) is 5.14 Å². The highest BCUT2D eigenvalue weighted by molar-refractivity contribution is 7.97. The second-order valence-corrected chi connectivity index (χ2v) is 6.75. The summed E-state index contributed by atoms with van der Waals surface area (Å²) in [7, 11) is 1.74. The number of anilines is 2. The molecule has 3 N–H and O–H groups in total. The van der Waals surface area contributed by atoms with Crippen molar-refractivity contribution in [2.24, 2.45) is 5.14 Å². The Balaban J connectivity index is 1.72. The van der Waals surface area contributed by atoms with Crippen molar-refractivity contribution in [3.8, 4) is 5.75 Å². The van der Waals surface area contributed by atoms with Gasteiger partial charge in [0.05, 0.1) is 12.8 Å². The highest BCUT2D eigenvalue weighted by atomic mass is 32.2. The molecule has 2 aromatic rings. The zero-order chi connectivity index (χ0) is 16.8. The number of methoxy groups -OCH3 is 1. The van der Waals surface area contributed by atoms with Crippen molar-refractivity contribution in [2.45, 2.75) is 30.2 Å². The van der Waals surface area contributed by atoms with Gasteiger partial charge in [-0.2, -0.15) is 0 Å². The van der Waals surface area contributed by atoms with E-state index >= 15 is 0 Å². The second kappa shape index (κ2) is 8.31. The van der Waals surface area contributed by atoms with Crippen molar-refractivity contribution >= 4 is 23.3 Å². The third-order valence-corrected chi connectivity index (χ3v) is 5.06. The number of benzene rings is 2. The van der Waals surface area contributed by atoms with Crippen LogP contribution in [0.25, 0.3) is 0 Å². The number of piperidine rings is 1. The first kappa shape index (κ1) is 17.0. The van der Waals surface area contributed by atoms with Crippen LogP contribution < -0.4 is 20.1 Å². The van der Waals surface area contributed by atoms with Crippen molar-refractivity contribution in [2.75, 3.05) is 30.4 Å². The number of nitrogens with zero attached hydrogens (tertiary/aromatic N) is 1. The quantitative estimate of drug-likeness (QED) is 0.772. The van der Waals surface area contributed by atoms with E-state index in [9.17, 15) is 0 Å². The molecule has 1 unspecified atom stereocenters. The Hall–Kier alpha value is -1.85. The van der Waals surface area contributed by atoms with Gasteiger partial charge in [0.25, 0.3) is 0 Å². The van der Waals surface area contributed by atoms with Crippen LogP contribution in [0, 0.1) is 0 Å². The summed E-state index contributed by atoms with van der Waals surface area (Å²) in [5.41, 5.74) is 2.31. The lowest BCUT2D eigenvalue weighted by Crippen LogP contribution is -2.44. The van der Waals surface area contributed by atoms with Gasteiger partial charge in [-0.25, -0.2) is 0 Å². The SMILES string of the molecule is COc1ccccc1N1CCCCC1CNc1cccc(SN)c1. The predicted molar refractivity (Wildman–Crippen MR) is 103 cm³/mol. The van der Waals surface area contributed by atoms with Gasteiger partial charge in [0.2, 0.25) is 0 Å². The fourth-order valence-corrected chi connectivity index (χ4v) is 3.66. The highest BCUT2D eigenvalue weighted by Gasteiger charge is 2.24. The molecule has 128 valence electrons. The molecule has 3 rings (SSSR count). The summed E-state index contributed by atoms with van der Waals surface area (Å²) < 4.78 is 5.56. The third-order valence-electron chi connectivity index (χ3n) is 4.53. The van der Waals surface area contributed by atoms with Crippen molar-refractivity contribution in [3.63, 3.8) is 0 Å². The number of ether oxygens (including phenoxy) is 1. The van der Waals surface area contributed by atoms with E-state index in [2.05, 4.69) is 34.5 Å². The highest BCUT2D eigenvalue weighted by Crippen LogP contribution is 2.32. The van der Waals surface area contributed by atoms with E-state index in [0.29, 0.717) is 6.04 Å². The molecule has 0 saturated carbocycles. The van der Waals surface area contributed by atoms with Gasteiger partial charge in [0, 0.05) is 29.7 Å². The lowest BCUT2D eigenvalue weighted by Gasteiger charge is -2.38. The number of hydrogen-bond donors (Lipinski definition) is 2. The molecule has 24 heavy (non-hydrogen) atoms. The Morgan fingerprint density at radius 2 is 2.08 bits per heavy atom. The zero-order valence-corrected chi connectivity index (χ0v) is 14.9. The molecule has 1 aliphatic rings. The standard InChI is InChI=1S/C19H25N3OS/c1-23-19-11-3-2-10-18(19)22-12-5-4-8-16(22)14-21-15-7-6-9-17(13-15)24-20/h2-3,6-7,9-11,13,16,21H,4-5,8,12,14,20H2,1H3. The van der Waals surface area contributed by atoms with Crippen LogP contribution in [0.1, 0.15) is 19.3 Å². The van der Waals surface area contributed by atoms with Crippen molar-refractivity contribution in [1.29, 1.82) is 0 Å². The second-order valence-electron chi connectivity index (χ2n) is 6.04. The molecule has 5 heteroatoms. The van der Waals surface area contributed by atoms with Crippen molar-refractivity contribution < 1.29 is 4.74 Å². The summed E-state index contributed by atoms with van der Waals surface area (Å²) in [6.07, 6.45) is 3.70. The van der Waals surface area contributed by atoms with Gasteiger partial charge < -0.3 is 15.0 Å². The first-order chi connectivity index (χ1) is 11.8. The number of hydrogen-bond acceptors (Lipinski definition) is 5. The average molecular weight is 343 g/mol. The van der Waals surface area contributed by atoms with Crippen LogP contribution in [0.2, 0.25) is 0 Å². The molecule has 0 aromatic heterocycles. The van der Waals surface area contributed by atoms with Gasteiger partial charge >= 0.3 is 0 Å². The first-order valence-corrected chi connectivity index (χ1v) is 9.30. The van der Waals surface area contributed by atoms with Gasteiger partial charge in [0.15, 0.2) is 0 Å². The van der Waals surface area contributed by atoms with Crippen LogP contribution in [0.5, 0.6) is 5.75 Å². The molecule has 0 bridgehead atoms. The predicted octanol–water partition coefficient (Wildman–Crippen LogP) is 4.13. The van der Waals surface area contributed by atoms with Crippen molar-refractivity contribution in [1.82, 2.24) is 0 Å². The number of rotatable bonds is 6. The average Bonchev–Trinajstić information content (AvgIpc) is 2.66. The minimum Gasteiger partial charge on any atom is -0.495 e. The van der Waals surface area contributed by atoms with Crippen molar-refractivity contribution in [3.05, 3.63) is 48.5 Å². The van der Waals surface area contributed by atoms with Crippen LogP contribution in [0.15, 0.2) is 53.4 Å². The Kier molecular flexibility index (Phi) is 5.88. The Bertz CT molecular complexity index is 665. The van der Waals surface area contributed by atoms with Crippen LogP contribution in [-0.4, -0.2) is 26.2 Å². The first-order valence-electron chi connectivity index (χ1n) is 8.42.